The Morgan fingerprint density at radius 1 is 1.09 bits per heavy atom. The largest absolute Gasteiger partial charge is 0.354 e. The van der Waals surface area contributed by atoms with Crippen LogP contribution >= 0.6 is 0 Å². The summed E-state index contributed by atoms with van der Waals surface area (Å²) in [5, 5.41) is 3.32. The standard InChI is InChI=1S/C29H41N5O/c1-3-20(4-2)26-17-27(33-28(32-26)21-10-13-30-14-11-21)25-19-34-15-12-23(25)16-24(34)18-31-29(35)22-8-6-5-7-9-22/h10-11,13-14,17,20,22-25H,3-9,12,15-16,18-19H2,1-2H3,(H,31,35)/t23-,24+,25+/m0/s1. The Balaban J connectivity index is 1.32. The van der Waals surface area contributed by atoms with Crippen LogP contribution in [0.2, 0.25) is 0 Å². The van der Waals surface area contributed by atoms with Crippen molar-refractivity contribution in [2.75, 3.05) is 19.6 Å². The van der Waals surface area contributed by atoms with Gasteiger partial charge in [-0.15, -0.1) is 0 Å². The Labute approximate surface area is 210 Å². The summed E-state index contributed by atoms with van der Waals surface area (Å²) in [7, 11) is 0. The Morgan fingerprint density at radius 3 is 2.54 bits per heavy atom. The summed E-state index contributed by atoms with van der Waals surface area (Å²) >= 11 is 0. The topological polar surface area (TPSA) is 71.0 Å². The molecule has 2 bridgehead atoms. The summed E-state index contributed by atoms with van der Waals surface area (Å²) < 4.78 is 0. The van der Waals surface area contributed by atoms with Crippen LogP contribution in [0.15, 0.2) is 30.6 Å². The Hall–Kier alpha value is -2.34. The molecule has 2 aromatic rings. The van der Waals surface area contributed by atoms with Crippen molar-refractivity contribution in [3.8, 4) is 11.4 Å². The highest BCUT2D eigenvalue weighted by atomic mass is 16.1. The van der Waals surface area contributed by atoms with Crippen molar-refractivity contribution >= 4 is 5.91 Å². The van der Waals surface area contributed by atoms with Gasteiger partial charge in [-0.1, -0.05) is 33.1 Å². The second-order valence-corrected chi connectivity index (χ2v) is 10.9. The van der Waals surface area contributed by atoms with Gasteiger partial charge in [0.2, 0.25) is 5.91 Å². The molecule has 4 atom stereocenters. The molecule has 1 unspecified atom stereocenters. The number of rotatable bonds is 8. The van der Waals surface area contributed by atoms with Gasteiger partial charge in [-0.05, 0) is 69.2 Å². The predicted octanol–water partition coefficient (Wildman–Crippen LogP) is 5.32. The summed E-state index contributed by atoms with van der Waals surface area (Å²) in [6.07, 6.45) is 14.0. The average molecular weight is 476 g/mol. The molecule has 0 spiro atoms. The van der Waals surface area contributed by atoms with Crippen molar-refractivity contribution in [3.05, 3.63) is 42.0 Å². The van der Waals surface area contributed by atoms with Crippen molar-refractivity contribution in [1.29, 1.82) is 0 Å². The average Bonchev–Trinajstić information content (AvgIpc) is 2.93. The molecule has 6 nitrogen and oxygen atoms in total. The van der Waals surface area contributed by atoms with Crippen LogP contribution in [-0.2, 0) is 4.79 Å². The molecule has 0 radical (unpaired) electrons. The zero-order valence-corrected chi connectivity index (χ0v) is 21.5. The van der Waals surface area contributed by atoms with E-state index in [9.17, 15) is 4.79 Å². The molecule has 6 heteroatoms. The quantitative estimate of drug-likeness (QED) is 0.560. The van der Waals surface area contributed by atoms with Gasteiger partial charge in [-0.25, -0.2) is 9.97 Å². The summed E-state index contributed by atoms with van der Waals surface area (Å²) in [5.41, 5.74) is 3.42. The first kappa shape index (κ1) is 24.4. The number of nitrogens with one attached hydrogen (secondary N) is 1. The maximum atomic E-state index is 12.7. The number of nitrogens with zero attached hydrogens (tertiary/aromatic N) is 4. The summed E-state index contributed by atoms with van der Waals surface area (Å²) in [6, 6.07) is 6.78. The molecule has 4 aliphatic rings. The fraction of sp³-hybridized carbons (Fsp3) is 0.655. The van der Waals surface area contributed by atoms with E-state index in [0.29, 0.717) is 23.8 Å². The zero-order valence-electron chi connectivity index (χ0n) is 21.5. The minimum absolute atomic E-state index is 0.239. The number of hydrogen-bond acceptors (Lipinski definition) is 5. The van der Waals surface area contributed by atoms with Gasteiger partial charge >= 0.3 is 0 Å². The molecule has 1 aliphatic carbocycles. The Kier molecular flexibility index (Phi) is 7.76. The molecule has 1 N–H and O–H groups in total. The number of carbonyl (C=O) groups excluding carboxylic acids is 1. The third-order valence-electron chi connectivity index (χ3n) is 8.85. The molecule has 3 saturated heterocycles. The molecular formula is C29H41N5O. The normalized spacial score (nSPS) is 26.7. The van der Waals surface area contributed by atoms with E-state index in [-0.39, 0.29) is 11.8 Å². The van der Waals surface area contributed by atoms with Crippen LogP contribution in [0, 0.1) is 11.8 Å². The molecule has 1 saturated carbocycles. The number of pyridine rings is 1. The highest BCUT2D eigenvalue weighted by Gasteiger charge is 2.41. The van der Waals surface area contributed by atoms with Gasteiger partial charge in [-0.3, -0.25) is 14.7 Å². The predicted molar refractivity (Wildman–Crippen MR) is 139 cm³/mol. The number of fused-ring (bicyclic) bond motifs is 3. The SMILES string of the molecule is CCC(CC)c1cc([C@@H]2CN3CC[C@H]2C[C@@H]3CNC(=O)C2CCCCC2)nc(-c2ccncc2)n1. The lowest BCUT2D eigenvalue weighted by molar-refractivity contribution is -0.126. The van der Waals surface area contributed by atoms with E-state index in [0.717, 1.165) is 63.1 Å². The van der Waals surface area contributed by atoms with E-state index in [1.807, 2.05) is 24.5 Å². The van der Waals surface area contributed by atoms with Gasteiger partial charge < -0.3 is 5.32 Å². The van der Waals surface area contributed by atoms with Crippen LogP contribution in [0.5, 0.6) is 0 Å². The molecule has 6 rings (SSSR count). The number of hydrogen-bond donors (Lipinski definition) is 1. The Bertz CT molecular complexity index is 986. The number of aromatic nitrogens is 3. The number of piperidine rings is 3. The van der Waals surface area contributed by atoms with E-state index in [4.69, 9.17) is 9.97 Å². The van der Waals surface area contributed by atoms with Gasteiger partial charge in [0.05, 0.1) is 0 Å². The molecule has 4 fully saturated rings. The van der Waals surface area contributed by atoms with E-state index in [2.05, 4.69) is 35.1 Å². The summed E-state index contributed by atoms with van der Waals surface area (Å²) in [6.45, 7) is 7.46. The van der Waals surface area contributed by atoms with Crippen LogP contribution in [0.1, 0.15) is 94.9 Å². The fourth-order valence-corrected chi connectivity index (χ4v) is 6.63. The van der Waals surface area contributed by atoms with Crippen LogP contribution < -0.4 is 5.32 Å². The van der Waals surface area contributed by atoms with Crippen molar-refractivity contribution < 1.29 is 4.79 Å². The van der Waals surface area contributed by atoms with E-state index in [1.54, 1.807) is 0 Å². The molecule has 5 heterocycles. The van der Waals surface area contributed by atoms with Crippen molar-refractivity contribution in [3.63, 3.8) is 0 Å². The molecule has 35 heavy (non-hydrogen) atoms. The second-order valence-electron chi connectivity index (χ2n) is 10.9. The molecule has 2 aromatic heterocycles. The maximum absolute atomic E-state index is 12.7. The van der Waals surface area contributed by atoms with Crippen molar-refractivity contribution in [2.45, 2.75) is 89.5 Å². The van der Waals surface area contributed by atoms with Gasteiger partial charge in [0.1, 0.15) is 0 Å². The minimum atomic E-state index is 0.239. The lowest BCUT2D eigenvalue weighted by Crippen LogP contribution is -2.56. The lowest BCUT2D eigenvalue weighted by Gasteiger charge is -2.50. The van der Waals surface area contributed by atoms with Crippen LogP contribution in [-0.4, -0.2) is 51.4 Å². The van der Waals surface area contributed by atoms with Gasteiger partial charge in [0, 0.05) is 66.2 Å². The summed E-state index contributed by atoms with van der Waals surface area (Å²) in [4.78, 5) is 29.6. The highest BCUT2D eigenvalue weighted by Crippen LogP contribution is 2.42. The number of carbonyl (C=O) groups is 1. The monoisotopic (exact) mass is 475 g/mol. The number of amides is 1. The smallest absolute Gasteiger partial charge is 0.223 e. The maximum Gasteiger partial charge on any atom is 0.223 e. The van der Waals surface area contributed by atoms with Gasteiger partial charge in [0.25, 0.3) is 0 Å². The molecule has 0 aromatic carbocycles. The van der Waals surface area contributed by atoms with Crippen molar-refractivity contribution in [2.24, 2.45) is 11.8 Å². The zero-order chi connectivity index (χ0) is 24.2. The first-order valence-electron chi connectivity index (χ1n) is 14.0. The first-order valence-corrected chi connectivity index (χ1v) is 14.0. The molecule has 188 valence electrons. The van der Waals surface area contributed by atoms with E-state index >= 15 is 0 Å². The Morgan fingerprint density at radius 2 is 1.86 bits per heavy atom. The second kappa shape index (κ2) is 11.2. The lowest BCUT2D eigenvalue weighted by atomic mass is 9.73. The van der Waals surface area contributed by atoms with Crippen LogP contribution in [0.4, 0.5) is 0 Å². The van der Waals surface area contributed by atoms with Gasteiger partial charge in [-0.2, -0.15) is 0 Å². The molecule has 3 aliphatic heterocycles. The van der Waals surface area contributed by atoms with Crippen LogP contribution in [0.3, 0.4) is 0 Å². The molecule has 1 amide bonds. The van der Waals surface area contributed by atoms with Crippen LogP contribution in [0.25, 0.3) is 11.4 Å². The minimum Gasteiger partial charge on any atom is -0.354 e. The molecular weight excluding hydrogens is 434 g/mol. The van der Waals surface area contributed by atoms with E-state index in [1.165, 1.54) is 37.1 Å². The highest BCUT2D eigenvalue weighted by molar-refractivity contribution is 5.78. The van der Waals surface area contributed by atoms with E-state index < -0.39 is 0 Å². The van der Waals surface area contributed by atoms with Gasteiger partial charge in [0.15, 0.2) is 5.82 Å². The third-order valence-corrected chi connectivity index (χ3v) is 8.85. The summed E-state index contributed by atoms with van der Waals surface area (Å²) in [5.74, 6) is 2.87. The third kappa shape index (κ3) is 5.42. The van der Waals surface area contributed by atoms with Crippen molar-refractivity contribution in [1.82, 2.24) is 25.2 Å². The fourth-order valence-electron chi connectivity index (χ4n) is 6.63. The first-order chi connectivity index (χ1) is 17.2.